The highest BCUT2D eigenvalue weighted by Crippen LogP contribution is 2.30. The summed E-state index contributed by atoms with van der Waals surface area (Å²) in [5, 5.41) is 0.651. The molecule has 1 aliphatic rings. The molecule has 1 aromatic carbocycles. The summed E-state index contributed by atoms with van der Waals surface area (Å²) in [4.78, 5) is 4.37. The Morgan fingerprint density at radius 2 is 2.37 bits per heavy atom. The van der Waals surface area contributed by atoms with Gasteiger partial charge in [-0.1, -0.05) is 24.6 Å². The smallest absolute Gasteiger partial charge is 0.201 e. The fraction of sp³-hybridized carbons (Fsp3) is 0.500. The van der Waals surface area contributed by atoms with Gasteiger partial charge >= 0.3 is 0 Å². The maximum absolute atomic E-state index is 6.16. The van der Waals surface area contributed by atoms with Crippen LogP contribution in [0.2, 0.25) is 5.02 Å². The third-order valence-electron chi connectivity index (χ3n) is 3.92. The van der Waals surface area contributed by atoms with Gasteiger partial charge in [0, 0.05) is 19.1 Å². The summed E-state index contributed by atoms with van der Waals surface area (Å²) >= 11 is 6.16. The van der Waals surface area contributed by atoms with Gasteiger partial charge in [-0.15, -0.1) is 0 Å². The van der Waals surface area contributed by atoms with Gasteiger partial charge in [0.1, 0.15) is 5.52 Å². The number of ether oxygens (including phenoxy) is 1. The van der Waals surface area contributed by atoms with Crippen LogP contribution in [0.3, 0.4) is 0 Å². The number of para-hydroxylation sites is 1. The molecule has 1 aliphatic heterocycles. The van der Waals surface area contributed by atoms with Crippen molar-refractivity contribution < 1.29 is 4.74 Å². The third kappa shape index (κ3) is 2.19. The lowest BCUT2D eigenvalue weighted by Crippen LogP contribution is -2.21. The molecular formula is C14H18ClN3O. The van der Waals surface area contributed by atoms with Gasteiger partial charge in [-0.2, -0.15) is 0 Å². The van der Waals surface area contributed by atoms with Crippen LogP contribution < -0.4 is 5.73 Å². The summed E-state index contributed by atoms with van der Waals surface area (Å²) in [5.41, 5.74) is 7.83. The lowest BCUT2D eigenvalue weighted by Gasteiger charge is -2.18. The molecule has 102 valence electrons. The largest absolute Gasteiger partial charge is 0.378 e. The second-order valence-electron chi connectivity index (χ2n) is 5.05. The van der Waals surface area contributed by atoms with Crippen molar-refractivity contribution in [1.82, 2.24) is 9.55 Å². The van der Waals surface area contributed by atoms with E-state index in [1.165, 1.54) is 0 Å². The summed E-state index contributed by atoms with van der Waals surface area (Å²) in [6.07, 6.45) is 2.45. The van der Waals surface area contributed by atoms with Gasteiger partial charge in [-0.05, 0) is 25.0 Å². The molecule has 0 radical (unpaired) electrons. The Kier molecular flexibility index (Phi) is 3.37. The van der Waals surface area contributed by atoms with E-state index in [1.54, 1.807) is 0 Å². The number of nitrogens with zero attached hydrogens (tertiary/aromatic N) is 2. The molecule has 1 saturated heterocycles. The molecule has 2 N–H and O–H groups in total. The summed E-state index contributed by atoms with van der Waals surface area (Å²) in [7, 11) is 0. The average Bonchev–Trinajstić information content (AvgIpc) is 2.97. The fourth-order valence-corrected chi connectivity index (χ4v) is 3.12. The molecule has 0 bridgehead atoms. The number of hydrogen-bond donors (Lipinski definition) is 1. The van der Waals surface area contributed by atoms with E-state index in [1.807, 2.05) is 18.2 Å². The van der Waals surface area contributed by atoms with Gasteiger partial charge < -0.3 is 15.0 Å². The van der Waals surface area contributed by atoms with Gasteiger partial charge in [0.05, 0.1) is 16.6 Å². The molecule has 2 aromatic rings. The zero-order chi connectivity index (χ0) is 13.4. The van der Waals surface area contributed by atoms with Crippen LogP contribution in [0.15, 0.2) is 18.2 Å². The van der Waals surface area contributed by atoms with Crippen molar-refractivity contribution in [2.24, 2.45) is 5.92 Å². The van der Waals surface area contributed by atoms with E-state index in [0.29, 0.717) is 23.0 Å². The second kappa shape index (κ2) is 5.02. The van der Waals surface area contributed by atoms with Crippen LogP contribution in [-0.2, 0) is 11.3 Å². The van der Waals surface area contributed by atoms with E-state index >= 15 is 0 Å². The lowest BCUT2D eigenvalue weighted by molar-refractivity contribution is 0.0839. The van der Waals surface area contributed by atoms with E-state index in [-0.39, 0.29) is 0 Å². The molecular weight excluding hydrogens is 262 g/mol. The number of hydrogen-bond acceptors (Lipinski definition) is 3. The van der Waals surface area contributed by atoms with Crippen molar-refractivity contribution in [3.05, 3.63) is 23.2 Å². The number of anilines is 1. The Morgan fingerprint density at radius 1 is 1.53 bits per heavy atom. The maximum Gasteiger partial charge on any atom is 0.201 e. The van der Waals surface area contributed by atoms with Crippen LogP contribution in [0, 0.1) is 5.92 Å². The van der Waals surface area contributed by atoms with E-state index in [9.17, 15) is 0 Å². The SMILES string of the molecule is CCC1OCCC1Cn1c(N)nc2c(Cl)cccc21. The normalized spacial score (nSPS) is 23.3. The zero-order valence-corrected chi connectivity index (χ0v) is 11.7. The standard InChI is InChI=1S/C14H18ClN3O/c1-2-12-9(6-7-19-12)8-18-11-5-3-4-10(15)13(11)17-14(18)16/h3-5,9,12H,2,6-8H2,1H3,(H2,16,17). The zero-order valence-electron chi connectivity index (χ0n) is 11.0. The number of halogens is 1. The lowest BCUT2D eigenvalue weighted by atomic mass is 9.99. The molecule has 19 heavy (non-hydrogen) atoms. The number of fused-ring (bicyclic) bond motifs is 1. The Morgan fingerprint density at radius 3 is 3.16 bits per heavy atom. The van der Waals surface area contributed by atoms with Crippen molar-refractivity contribution in [2.45, 2.75) is 32.4 Å². The van der Waals surface area contributed by atoms with Crippen molar-refractivity contribution in [1.29, 1.82) is 0 Å². The third-order valence-corrected chi connectivity index (χ3v) is 4.23. The van der Waals surface area contributed by atoms with Crippen LogP contribution in [0.25, 0.3) is 11.0 Å². The molecule has 5 heteroatoms. The predicted octanol–water partition coefficient (Wildman–Crippen LogP) is 3.09. The molecule has 0 amide bonds. The number of rotatable bonds is 3. The number of nitrogen functional groups attached to an aromatic ring is 1. The Labute approximate surface area is 117 Å². The van der Waals surface area contributed by atoms with Crippen LogP contribution in [-0.4, -0.2) is 22.3 Å². The predicted molar refractivity (Wildman–Crippen MR) is 77.3 cm³/mol. The van der Waals surface area contributed by atoms with Crippen molar-refractivity contribution in [2.75, 3.05) is 12.3 Å². The molecule has 2 unspecified atom stereocenters. The molecule has 4 nitrogen and oxygen atoms in total. The molecule has 2 heterocycles. The first-order valence-electron chi connectivity index (χ1n) is 6.72. The van der Waals surface area contributed by atoms with E-state index < -0.39 is 0 Å². The molecule has 2 atom stereocenters. The van der Waals surface area contributed by atoms with Crippen LogP contribution in [0.1, 0.15) is 19.8 Å². The molecule has 1 fully saturated rings. The van der Waals surface area contributed by atoms with Gasteiger partial charge in [0.25, 0.3) is 0 Å². The van der Waals surface area contributed by atoms with Gasteiger partial charge in [-0.25, -0.2) is 4.98 Å². The van der Waals surface area contributed by atoms with E-state index in [2.05, 4.69) is 16.5 Å². The summed E-state index contributed by atoms with van der Waals surface area (Å²) < 4.78 is 7.80. The number of imidazole rings is 1. The minimum absolute atomic E-state index is 0.330. The minimum Gasteiger partial charge on any atom is -0.378 e. The number of nitrogens with two attached hydrogens (primary N) is 1. The Hall–Kier alpha value is -1.26. The molecule has 1 aromatic heterocycles. The molecule has 0 aliphatic carbocycles. The number of benzene rings is 1. The second-order valence-corrected chi connectivity index (χ2v) is 5.46. The van der Waals surface area contributed by atoms with Gasteiger partial charge in [-0.3, -0.25) is 0 Å². The van der Waals surface area contributed by atoms with Gasteiger partial charge in [0.2, 0.25) is 5.95 Å². The molecule has 0 saturated carbocycles. The highest BCUT2D eigenvalue weighted by atomic mass is 35.5. The average molecular weight is 280 g/mol. The quantitative estimate of drug-likeness (QED) is 0.939. The first-order valence-corrected chi connectivity index (χ1v) is 7.10. The van der Waals surface area contributed by atoms with Gasteiger partial charge in [0.15, 0.2) is 0 Å². The van der Waals surface area contributed by atoms with Crippen LogP contribution >= 0.6 is 11.6 Å². The number of aromatic nitrogens is 2. The van der Waals surface area contributed by atoms with Crippen molar-refractivity contribution in [3.8, 4) is 0 Å². The Balaban J connectivity index is 1.96. The summed E-state index contributed by atoms with van der Waals surface area (Å²) in [6, 6.07) is 5.79. The van der Waals surface area contributed by atoms with Crippen molar-refractivity contribution >= 4 is 28.6 Å². The summed E-state index contributed by atoms with van der Waals surface area (Å²) in [6.45, 7) is 3.85. The topological polar surface area (TPSA) is 53.1 Å². The fourth-order valence-electron chi connectivity index (χ4n) is 2.91. The van der Waals surface area contributed by atoms with Crippen LogP contribution in [0.5, 0.6) is 0 Å². The Bertz CT molecular complexity index is 596. The molecule has 0 spiro atoms. The maximum atomic E-state index is 6.16. The van der Waals surface area contributed by atoms with E-state index in [0.717, 1.165) is 37.0 Å². The van der Waals surface area contributed by atoms with E-state index in [4.69, 9.17) is 22.1 Å². The summed E-state index contributed by atoms with van der Waals surface area (Å²) in [5.74, 6) is 1.04. The highest BCUT2D eigenvalue weighted by molar-refractivity contribution is 6.35. The minimum atomic E-state index is 0.330. The monoisotopic (exact) mass is 279 g/mol. The first-order chi connectivity index (χ1) is 9.20. The van der Waals surface area contributed by atoms with Crippen molar-refractivity contribution in [3.63, 3.8) is 0 Å². The first kappa shape index (κ1) is 12.8. The molecule has 3 rings (SSSR count). The van der Waals surface area contributed by atoms with Crippen LogP contribution in [0.4, 0.5) is 5.95 Å². The highest BCUT2D eigenvalue weighted by Gasteiger charge is 2.28.